The van der Waals surface area contributed by atoms with E-state index in [4.69, 9.17) is 0 Å². The number of aromatic nitrogens is 5. The molecule has 0 bridgehead atoms. The van der Waals surface area contributed by atoms with Crippen molar-refractivity contribution in [1.29, 1.82) is 0 Å². The molecular formula is C21H19F3N6O. The minimum absolute atomic E-state index is 0.00827. The topological polar surface area (TPSA) is 77.6 Å². The molecule has 10 heteroatoms. The number of nitrogens with zero attached hydrogens (tertiary/aromatic N) is 5. The third-order valence-corrected chi connectivity index (χ3v) is 5.02. The zero-order valence-corrected chi connectivity index (χ0v) is 16.8. The summed E-state index contributed by atoms with van der Waals surface area (Å²) >= 11 is 0. The molecule has 0 aliphatic rings. The average Bonchev–Trinajstić information content (AvgIpc) is 3.31. The predicted octanol–water partition coefficient (Wildman–Crippen LogP) is 3.82. The Kier molecular flexibility index (Phi) is 5.22. The van der Waals surface area contributed by atoms with Crippen molar-refractivity contribution in [3.63, 3.8) is 0 Å². The second-order valence-corrected chi connectivity index (χ2v) is 7.17. The van der Waals surface area contributed by atoms with Crippen LogP contribution in [-0.4, -0.2) is 30.7 Å². The monoisotopic (exact) mass is 428 g/mol. The van der Waals surface area contributed by atoms with E-state index in [0.29, 0.717) is 22.5 Å². The normalized spacial score (nSPS) is 12.8. The zero-order chi connectivity index (χ0) is 22.2. The van der Waals surface area contributed by atoms with Crippen molar-refractivity contribution in [2.24, 2.45) is 0 Å². The molecular weight excluding hydrogens is 409 g/mol. The fraction of sp³-hybridized carbons (Fsp3) is 0.238. The van der Waals surface area contributed by atoms with Crippen molar-refractivity contribution in [2.45, 2.75) is 32.6 Å². The summed E-state index contributed by atoms with van der Waals surface area (Å²) in [6.45, 7) is 3.53. The van der Waals surface area contributed by atoms with Gasteiger partial charge < -0.3 is 5.32 Å². The Morgan fingerprint density at radius 3 is 2.71 bits per heavy atom. The fourth-order valence-electron chi connectivity index (χ4n) is 3.46. The molecule has 0 spiro atoms. The van der Waals surface area contributed by atoms with E-state index in [9.17, 15) is 18.0 Å². The number of nitrogens with one attached hydrogen (secondary N) is 1. The fourth-order valence-corrected chi connectivity index (χ4v) is 3.46. The second-order valence-electron chi connectivity index (χ2n) is 7.17. The number of carbonyl (C=O) groups is 1. The Morgan fingerprint density at radius 2 is 1.94 bits per heavy atom. The number of alkyl halides is 3. The lowest BCUT2D eigenvalue weighted by Gasteiger charge is -2.15. The summed E-state index contributed by atoms with van der Waals surface area (Å²) in [5, 5.41) is 15.1. The standard InChI is InChI=1S/C21H19F3N6O/c1-13(26-20(31)12-29-19-9-4-3-8-18(19)27-28-29)17-11-25-30(14(17)2)16-7-5-6-15(10-16)21(22,23)24/h3-11,13H,12H2,1-2H3,(H,26,31). The molecule has 0 radical (unpaired) electrons. The van der Waals surface area contributed by atoms with E-state index in [1.165, 1.54) is 15.4 Å². The highest BCUT2D eigenvalue weighted by Gasteiger charge is 2.30. The Morgan fingerprint density at radius 1 is 1.16 bits per heavy atom. The average molecular weight is 428 g/mol. The molecule has 31 heavy (non-hydrogen) atoms. The lowest BCUT2D eigenvalue weighted by Crippen LogP contribution is -2.30. The Balaban J connectivity index is 1.50. The highest BCUT2D eigenvalue weighted by atomic mass is 19.4. The van der Waals surface area contributed by atoms with E-state index < -0.39 is 17.8 Å². The van der Waals surface area contributed by atoms with Crippen LogP contribution in [0.15, 0.2) is 54.7 Å². The van der Waals surface area contributed by atoms with E-state index in [0.717, 1.165) is 17.6 Å². The van der Waals surface area contributed by atoms with Gasteiger partial charge in [-0.05, 0) is 44.2 Å². The number of rotatable bonds is 5. The number of amides is 1. The van der Waals surface area contributed by atoms with Crippen LogP contribution in [0.2, 0.25) is 0 Å². The van der Waals surface area contributed by atoms with Crippen molar-refractivity contribution in [1.82, 2.24) is 30.1 Å². The minimum Gasteiger partial charge on any atom is -0.348 e. The Hall–Kier alpha value is -3.69. The molecule has 0 aliphatic heterocycles. The maximum atomic E-state index is 13.0. The van der Waals surface area contributed by atoms with Gasteiger partial charge in [-0.3, -0.25) is 4.79 Å². The molecule has 0 saturated carbocycles. The second kappa shape index (κ2) is 7.86. The number of carbonyl (C=O) groups excluding carboxylic acids is 1. The van der Waals surface area contributed by atoms with Crippen LogP contribution in [0, 0.1) is 6.92 Å². The van der Waals surface area contributed by atoms with Crippen LogP contribution < -0.4 is 5.32 Å². The zero-order valence-electron chi connectivity index (χ0n) is 16.8. The van der Waals surface area contributed by atoms with Gasteiger partial charge >= 0.3 is 6.18 Å². The van der Waals surface area contributed by atoms with Gasteiger partial charge in [-0.1, -0.05) is 23.4 Å². The maximum Gasteiger partial charge on any atom is 0.416 e. The van der Waals surface area contributed by atoms with Gasteiger partial charge in [0.25, 0.3) is 0 Å². The van der Waals surface area contributed by atoms with Crippen molar-refractivity contribution in [2.75, 3.05) is 0 Å². The summed E-state index contributed by atoms with van der Waals surface area (Å²) < 4.78 is 42.0. The van der Waals surface area contributed by atoms with Crippen LogP contribution in [0.4, 0.5) is 13.2 Å². The first-order valence-electron chi connectivity index (χ1n) is 9.54. The van der Waals surface area contributed by atoms with Gasteiger partial charge in [-0.25, -0.2) is 9.36 Å². The Labute approximate surface area is 175 Å². The van der Waals surface area contributed by atoms with Crippen molar-refractivity contribution in [3.05, 3.63) is 71.5 Å². The first-order chi connectivity index (χ1) is 14.7. The molecule has 1 atom stereocenters. The molecule has 7 nitrogen and oxygen atoms in total. The van der Waals surface area contributed by atoms with Gasteiger partial charge in [0.2, 0.25) is 5.91 Å². The first kappa shape index (κ1) is 20.6. The van der Waals surface area contributed by atoms with Crippen LogP contribution in [0.5, 0.6) is 0 Å². The quantitative estimate of drug-likeness (QED) is 0.524. The summed E-state index contributed by atoms with van der Waals surface area (Å²) in [5.41, 5.74) is 2.34. The van der Waals surface area contributed by atoms with Crippen LogP contribution in [0.1, 0.15) is 29.8 Å². The van der Waals surface area contributed by atoms with Crippen LogP contribution in [-0.2, 0) is 17.5 Å². The number of hydrogen-bond acceptors (Lipinski definition) is 4. The van der Waals surface area contributed by atoms with E-state index >= 15 is 0 Å². The van der Waals surface area contributed by atoms with Crippen LogP contribution in [0.3, 0.4) is 0 Å². The summed E-state index contributed by atoms with van der Waals surface area (Å²) in [6, 6.07) is 11.9. The van der Waals surface area contributed by atoms with Crippen molar-refractivity contribution in [3.8, 4) is 5.69 Å². The third-order valence-electron chi connectivity index (χ3n) is 5.02. The largest absolute Gasteiger partial charge is 0.416 e. The lowest BCUT2D eigenvalue weighted by atomic mass is 10.1. The molecule has 4 rings (SSSR count). The molecule has 2 heterocycles. The first-order valence-corrected chi connectivity index (χ1v) is 9.54. The highest BCUT2D eigenvalue weighted by molar-refractivity contribution is 5.80. The van der Waals surface area contributed by atoms with Gasteiger partial charge in [-0.15, -0.1) is 5.10 Å². The summed E-state index contributed by atoms with van der Waals surface area (Å²) in [6.07, 6.45) is -2.89. The molecule has 1 N–H and O–H groups in total. The van der Waals surface area contributed by atoms with Crippen molar-refractivity contribution >= 4 is 16.9 Å². The minimum atomic E-state index is -4.44. The van der Waals surface area contributed by atoms with E-state index in [1.807, 2.05) is 24.3 Å². The molecule has 2 aromatic heterocycles. The van der Waals surface area contributed by atoms with Crippen LogP contribution >= 0.6 is 0 Å². The predicted molar refractivity (Wildman–Crippen MR) is 107 cm³/mol. The number of benzene rings is 2. The number of hydrogen-bond donors (Lipinski definition) is 1. The van der Waals surface area contributed by atoms with Gasteiger partial charge in [0.15, 0.2) is 0 Å². The van der Waals surface area contributed by atoms with Gasteiger partial charge in [0, 0.05) is 11.3 Å². The molecule has 1 amide bonds. The van der Waals surface area contributed by atoms with E-state index in [1.54, 1.807) is 26.1 Å². The Bertz CT molecular complexity index is 1240. The number of halogens is 3. The summed E-state index contributed by atoms with van der Waals surface area (Å²) in [4.78, 5) is 12.5. The summed E-state index contributed by atoms with van der Waals surface area (Å²) in [7, 11) is 0. The number of fused-ring (bicyclic) bond motifs is 1. The maximum absolute atomic E-state index is 13.0. The van der Waals surface area contributed by atoms with E-state index in [2.05, 4.69) is 20.7 Å². The number of para-hydroxylation sites is 1. The molecule has 4 aromatic rings. The molecule has 160 valence electrons. The van der Waals surface area contributed by atoms with Crippen LogP contribution in [0.25, 0.3) is 16.7 Å². The molecule has 2 aromatic carbocycles. The lowest BCUT2D eigenvalue weighted by molar-refractivity contribution is -0.137. The van der Waals surface area contributed by atoms with Gasteiger partial charge in [0.05, 0.1) is 29.0 Å². The molecule has 0 saturated heterocycles. The van der Waals surface area contributed by atoms with Gasteiger partial charge in [-0.2, -0.15) is 18.3 Å². The molecule has 0 aliphatic carbocycles. The summed E-state index contributed by atoms with van der Waals surface area (Å²) in [5.74, 6) is -0.269. The highest BCUT2D eigenvalue weighted by Crippen LogP contribution is 2.31. The van der Waals surface area contributed by atoms with Crippen molar-refractivity contribution < 1.29 is 18.0 Å². The van der Waals surface area contributed by atoms with Gasteiger partial charge in [0.1, 0.15) is 12.1 Å². The SMILES string of the molecule is Cc1c(C(C)NC(=O)Cn2nnc3ccccc32)cnn1-c1cccc(C(F)(F)F)c1. The molecule has 0 fully saturated rings. The molecule has 1 unspecified atom stereocenters. The smallest absolute Gasteiger partial charge is 0.348 e. The van der Waals surface area contributed by atoms with E-state index in [-0.39, 0.29) is 12.5 Å². The third kappa shape index (κ3) is 4.14.